The van der Waals surface area contributed by atoms with Gasteiger partial charge in [-0.15, -0.1) is 0 Å². The Labute approximate surface area is 374 Å². The number of amides is 1. The molecule has 0 radical (unpaired) electrons. The summed E-state index contributed by atoms with van der Waals surface area (Å²) >= 11 is 0. The number of unbranched alkanes of at least 4 members (excludes halogenated alkanes) is 35. The molecule has 3 atom stereocenters. The van der Waals surface area contributed by atoms with Gasteiger partial charge in [0.2, 0.25) is 5.91 Å². The van der Waals surface area contributed by atoms with Crippen LogP contribution in [0.25, 0.3) is 0 Å². The fourth-order valence-electron chi connectivity index (χ4n) is 8.49. The first kappa shape index (κ1) is 58.6. The van der Waals surface area contributed by atoms with Crippen molar-refractivity contribution in [3.63, 3.8) is 0 Å². The summed E-state index contributed by atoms with van der Waals surface area (Å²) in [6.45, 7) is 6.50. The van der Waals surface area contributed by atoms with E-state index in [1.165, 1.54) is 199 Å². The maximum atomic E-state index is 13.2. The normalized spacial score (nSPS) is 13.2. The molecule has 0 rings (SSSR count). The van der Waals surface area contributed by atoms with Gasteiger partial charge in [-0.3, -0.25) is 9.59 Å². The molecule has 3 unspecified atom stereocenters. The number of allylic oxidation sites excluding steroid dienone is 2. The van der Waals surface area contributed by atoms with E-state index in [-0.39, 0.29) is 24.9 Å². The molecule has 0 saturated heterocycles. The van der Waals surface area contributed by atoms with Gasteiger partial charge in [0.05, 0.1) is 25.2 Å². The minimum absolute atomic E-state index is 0.0639. The van der Waals surface area contributed by atoms with Gasteiger partial charge in [0.1, 0.15) is 6.10 Å². The number of rotatable bonds is 49. The molecule has 0 aliphatic carbocycles. The lowest BCUT2D eigenvalue weighted by Gasteiger charge is -2.24. The highest BCUT2D eigenvalue weighted by atomic mass is 16.5. The molecule has 0 heterocycles. The van der Waals surface area contributed by atoms with Crippen LogP contribution in [-0.2, 0) is 14.3 Å². The highest BCUT2D eigenvalue weighted by Crippen LogP contribution is 2.18. The Morgan fingerprint density at radius 1 is 0.467 bits per heavy atom. The second-order valence-corrected chi connectivity index (χ2v) is 18.6. The molecule has 6 nitrogen and oxygen atoms in total. The van der Waals surface area contributed by atoms with Gasteiger partial charge in [0.25, 0.3) is 0 Å². The van der Waals surface area contributed by atoms with Crippen LogP contribution in [0.1, 0.15) is 297 Å². The minimum atomic E-state index is -0.788. The number of carbonyl (C=O) groups is 2. The van der Waals surface area contributed by atoms with Gasteiger partial charge in [-0.1, -0.05) is 251 Å². The van der Waals surface area contributed by atoms with Crippen LogP contribution in [0.3, 0.4) is 0 Å². The number of carbonyl (C=O) groups excluding carboxylic acids is 2. The molecule has 0 bridgehead atoms. The van der Waals surface area contributed by atoms with Crippen molar-refractivity contribution < 1.29 is 24.5 Å². The summed E-state index contributed by atoms with van der Waals surface area (Å²) in [5.74, 6) is -0.484. The van der Waals surface area contributed by atoms with Crippen LogP contribution in [0, 0.1) is 0 Å². The van der Waals surface area contributed by atoms with Crippen LogP contribution in [-0.4, -0.2) is 46.9 Å². The zero-order chi connectivity index (χ0) is 43.8. The molecule has 0 aliphatic heterocycles. The molecular weight excluding hydrogens is 743 g/mol. The van der Waals surface area contributed by atoms with E-state index in [9.17, 15) is 19.8 Å². The Balaban J connectivity index is 4.51. The van der Waals surface area contributed by atoms with Crippen LogP contribution < -0.4 is 5.32 Å². The van der Waals surface area contributed by atoms with E-state index in [2.05, 4.69) is 38.2 Å². The maximum Gasteiger partial charge on any atom is 0.306 e. The first-order valence-corrected chi connectivity index (χ1v) is 26.9. The van der Waals surface area contributed by atoms with E-state index in [1.54, 1.807) is 0 Å². The predicted molar refractivity (Wildman–Crippen MR) is 260 cm³/mol. The average Bonchev–Trinajstić information content (AvgIpc) is 3.24. The van der Waals surface area contributed by atoms with Crippen molar-refractivity contribution in [3.8, 4) is 0 Å². The van der Waals surface area contributed by atoms with E-state index >= 15 is 0 Å². The Morgan fingerprint density at radius 3 is 1.22 bits per heavy atom. The monoisotopic (exact) mass is 848 g/mol. The van der Waals surface area contributed by atoms with Crippen molar-refractivity contribution in [2.45, 2.75) is 315 Å². The number of esters is 1. The summed E-state index contributed by atoms with van der Waals surface area (Å²) < 4.78 is 5.93. The largest absolute Gasteiger partial charge is 0.462 e. The highest BCUT2D eigenvalue weighted by molar-refractivity contribution is 5.77. The zero-order valence-electron chi connectivity index (χ0n) is 40.6. The molecule has 3 N–H and O–H groups in total. The highest BCUT2D eigenvalue weighted by Gasteiger charge is 2.24. The van der Waals surface area contributed by atoms with E-state index < -0.39 is 18.2 Å². The zero-order valence-corrected chi connectivity index (χ0v) is 40.6. The van der Waals surface area contributed by atoms with E-state index in [1.807, 2.05) is 0 Å². The Hall–Kier alpha value is -1.40. The maximum absolute atomic E-state index is 13.2. The molecule has 60 heavy (non-hydrogen) atoms. The van der Waals surface area contributed by atoms with Crippen molar-refractivity contribution in [2.24, 2.45) is 0 Å². The fraction of sp³-hybridized carbons (Fsp3) is 0.926. The third kappa shape index (κ3) is 43.3. The Morgan fingerprint density at radius 2 is 0.817 bits per heavy atom. The van der Waals surface area contributed by atoms with Gasteiger partial charge >= 0.3 is 5.97 Å². The van der Waals surface area contributed by atoms with E-state index in [0.717, 1.165) is 51.4 Å². The summed E-state index contributed by atoms with van der Waals surface area (Å²) in [6.07, 6.45) is 54.2. The van der Waals surface area contributed by atoms with Crippen molar-refractivity contribution >= 4 is 11.9 Å². The second-order valence-electron chi connectivity index (χ2n) is 18.6. The smallest absolute Gasteiger partial charge is 0.306 e. The molecular formula is C54H105NO5. The van der Waals surface area contributed by atoms with Crippen molar-refractivity contribution in [1.82, 2.24) is 5.32 Å². The van der Waals surface area contributed by atoms with E-state index in [0.29, 0.717) is 19.3 Å². The average molecular weight is 848 g/mol. The van der Waals surface area contributed by atoms with Gasteiger partial charge in [-0.05, 0) is 44.9 Å². The van der Waals surface area contributed by atoms with Gasteiger partial charge in [-0.2, -0.15) is 0 Å². The number of aliphatic hydroxyl groups is 2. The third-order valence-electron chi connectivity index (χ3n) is 12.6. The molecule has 0 aromatic heterocycles. The van der Waals surface area contributed by atoms with Crippen LogP contribution in [0.5, 0.6) is 0 Å². The quantitative estimate of drug-likeness (QED) is 0.0322. The van der Waals surface area contributed by atoms with Gasteiger partial charge in [0, 0.05) is 6.42 Å². The first-order chi connectivity index (χ1) is 29.5. The summed E-state index contributed by atoms with van der Waals surface area (Å²) in [6, 6.07) is -0.703. The molecule has 0 saturated carbocycles. The SMILES string of the molecule is CCCCCCCCC/C=C\CCCC(CC(=O)NC(CO)C(O)CCCCCCCCCCCCCCC)OC(=O)CCCCCCCCCCCCCCCCCC. The predicted octanol–water partition coefficient (Wildman–Crippen LogP) is 16.1. The summed E-state index contributed by atoms with van der Waals surface area (Å²) in [4.78, 5) is 26.1. The van der Waals surface area contributed by atoms with Gasteiger partial charge in [0.15, 0.2) is 0 Å². The molecule has 0 aliphatic rings. The number of ether oxygens (including phenoxy) is 1. The summed E-state index contributed by atoms with van der Waals surface area (Å²) in [5, 5.41) is 23.8. The number of aliphatic hydroxyl groups excluding tert-OH is 2. The van der Waals surface area contributed by atoms with Crippen LogP contribution in [0.4, 0.5) is 0 Å². The van der Waals surface area contributed by atoms with Crippen LogP contribution >= 0.6 is 0 Å². The molecule has 0 aromatic rings. The Kier molecular flexibility index (Phi) is 47.5. The minimum Gasteiger partial charge on any atom is -0.462 e. The van der Waals surface area contributed by atoms with Crippen LogP contribution in [0.2, 0.25) is 0 Å². The lowest BCUT2D eigenvalue weighted by Crippen LogP contribution is -2.46. The number of hydrogen-bond donors (Lipinski definition) is 3. The molecule has 1 amide bonds. The van der Waals surface area contributed by atoms with Crippen molar-refractivity contribution in [2.75, 3.05) is 6.61 Å². The lowest BCUT2D eigenvalue weighted by molar-refractivity contribution is -0.151. The molecule has 0 aromatic carbocycles. The topological polar surface area (TPSA) is 95.9 Å². The van der Waals surface area contributed by atoms with Gasteiger partial charge < -0.3 is 20.3 Å². The van der Waals surface area contributed by atoms with Crippen molar-refractivity contribution in [1.29, 1.82) is 0 Å². The molecule has 0 fully saturated rings. The molecule has 6 heteroatoms. The molecule has 356 valence electrons. The lowest BCUT2D eigenvalue weighted by atomic mass is 10.0. The molecule has 0 spiro atoms. The second kappa shape index (κ2) is 48.6. The summed E-state index contributed by atoms with van der Waals surface area (Å²) in [7, 11) is 0. The Bertz CT molecular complexity index is 909. The van der Waals surface area contributed by atoms with Crippen LogP contribution in [0.15, 0.2) is 12.2 Å². The van der Waals surface area contributed by atoms with Gasteiger partial charge in [-0.25, -0.2) is 0 Å². The summed E-state index contributed by atoms with van der Waals surface area (Å²) in [5.41, 5.74) is 0. The first-order valence-electron chi connectivity index (χ1n) is 26.9. The van der Waals surface area contributed by atoms with E-state index in [4.69, 9.17) is 4.74 Å². The van der Waals surface area contributed by atoms with Crippen molar-refractivity contribution in [3.05, 3.63) is 12.2 Å². The fourth-order valence-corrected chi connectivity index (χ4v) is 8.49. The number of nitrogens with one attached hydrogen (secondary N) is 1. The number of hydrogen-bond acceptors (Lipinski definition) is 5. The third-order valence-corrected chi connectivity index (χ3v) is 12.6. The standard InChI is InChI=1S/C54H105NO5/c1-4-7-10-13-16-19-22-25-26-27-29-32-35-38-41-44-47-54(59)60-50(45-42-39-36-33-30-24-21-18-15-12-9-6-3)48-53(58)55-51(49-56)52(57)46-43-40-37-34-31-28-23-20-17-14-11-8-5-2/h33,36,50-52,56-57H,4-32,34-35,37-49H2,1-3H3,(H,55,58)/b36-33-.